The minimum atomic E-state index is -0.336. The molecule has 8 atom stereocenters. The lowest BCUT2D eigenvalue weighted by Gasteiger charge is -2.51. The summed E-state index contributed by atoms with van der Waals surface area (Å²) in [7, 11) is 2.91. The van der Waals surface area contributed by atoms with Crippen molar-refractivity contribution >= 4 is 11.9 Å². The van der Waals surface area contributed by atoms with Crippen LogP contribution in [0, 0.1) is 64.1 Å². The van der Waals surface area contributed by atoms with Crippen LogP contribution in [0.25, 0.3) is 0 Å². The Hall–Kier alpha value is -1.06. The highest BCUT2D eigenvalue weighted by atomic mass is 16.5. The van der Waals surface area contributed by atoms with Crippen molar-refractivity contribution in [3.8, 4) is 0 Å². The second-order valence-electron chi connectivity index (χ2n) is 11.9. The zero-order chi connectivity index (χ0) is 22.6. The molecule has 0 amide bonds. The van der Waals surface area contributed by atoms with Crippen molar-refractivity contribution in [2.45, 2.75) is 74.1 Å². The molecule has 172 valence electrons. The Balaban J connectivity index is 2.05. The van der Waals surface area contributed by atoms with Crippen LogP contribution in [-0.4, -0.2) is 26.2 Å². The van der Waals surface area contributed by atoms with Crippen LogP contribution in [0.2, 0.25) is 0 Å². The van der Waals surface area contributed by atoms with Gasteiger partial charge in [0.2, 0.25) is 0 Å². The first-order valence-electron chi connectivity index (χ1n) is 12.1. The monoisotopic (exact) mass is 420 g/mol. The fourth-order valence-electron chi connectivity index (χ4n) is 8.58. The third-order valence-corrected chi connectivity index (χ3v) is 9.96. The minimum Gasteiger partial charge on any atom is -0.469 e. The van der Waals surface area contributed by atoms with Gasteiger partial charge in [-0.25, -0.2) is 0 Å². The normalized spacial score (nSPS) is 38.1. The van der Waals surface area contributed by atoms with Crippen molar-refractivity contribution < 1.29 is 19.1 Å². The molecule has 3 aliphatic carbocycles. The van der Waals surface area contributed by atoms with Gasteiger partial charge >= 0.3 is 11.9 Å². The van der Waals surface area contributed by atoms with Gasteiger partial charge in [-0.15, -0.1) is 0 Å². The predicted octanol–water partition coefficient (Wildman–Crippen LogP) is 5.59. The van der Waals surface area contributed by atoms with E-state index in [-0.39, 0.29) is 46.4 Å². The molecule has 0 N–H and O–H groups in total. The van der Waals surface area contributed by atoms with Gasteiger partial charge in [0, 0.05) is 0 Å². The molecule has 0 aromatic carbocycles. The third-order valence-electron chi connectivity index (χ3n) is 9.96. The summed E-state index contributed by atoms with van der Waals surface area (Å²) in [6.07, 6.45) is 4.49. The van der Waals surface area contributed by atoms with Gasteiger partial charge in [-0.3, -0.25) is 9.59 Å². The van der Waals surface area contributed by atoms with Crippen molar-refractivity contribution in [3.63, 3.8) is 0 Å². The molecule has 0 aromatic heterocycles. The summed E-state index contributed by atoms with van der Waals surface area (Å²) in [6.45, 7) is 16.8. The Morgan fingerprint density at radius 3 is 1.67 bits per heavy atom. The van der Waals surface area contributed by atoms with Crippen molar-refractivity contribution in [2.24, 2.45) is 64.1 Å². The summed E-state index contributed by atoms with van der Waals surface area (Å²) >= 11 is 0. The number of fused-ring (bicyclic) bond motifs is 5. The quantitative estimate of drug-likeness (QED) is 0.504. The molecular weight excluding hydrogens is 376 g/mol. The highest BCUT2D eigenvalue weighted by Crippen LogP contribution is 2.70. The molecule has 0 aromatic rings. The molecular formula is C26H44O4. The van der Waals surface area contributed by atoms with Gasteiger partial charge in [0.15, 0.2) is 0 Å². The zero-order valence-electron chi connectivity index (χ0n) is 20.7. The standard InChI is InChI=1S/C26H44O4/c1-10-25(4,5)22(26(6,7)11-2)17-12-14(3)18-15-13-16(19(17)18)21(24(28)30-9)20(15)23(27)29-8/h14-22H,10-13H2,1-9H3. The molecule has 0 aliphatic heterocycles. The summed E-state index contributed by atoms with van der Waals surface area (Å²) in [5.41, 5.74) is 0.478. The van der Waals surface area contributed by atoms with Gasteiger partial charge in [0.1, 0.15) is 0 Å². The summed E-state index contributed by atoms with van der Waals surface area (Å²) in [4.78, 5) is 25.6. The van der Waals surface area contributed by atoms with Crippen LogP contribution < -0.4 is 0 Å². The van der Waals surface area contributed by atoms with Crippen LogP contribution in [0.5, 0.6) is 0 Å². The Labute approximate surface area is 183 Å². The van der Waals surface area contributed by atoms with E-state index in [9.17, 15) is 9.59 Å². The van der Waals surface area contributed by atoms with Gasteiger partial charge in [-0.05, 0) is 65.1 Å². The Kier molecular flexibility index (Phi) is 6.40. The first-order valence-corrected chi connectivity index (χ1v) is 12.1. The Morgan fingerprint density at radius 2 is 1.27 bits per heavy atom. The summed E-state index contributed by atoms with van der Waals surface area (Å²) < 4.78 is 10.4. The number of carbonyl (C=O) groups is 2. The molecule has 3 saturated carbocycles. The van der Waals surface area contributed by atoms with Crippen LogP contribution in [0.1, 0.15) is 74.1 Å². The SMILES string of the molecule is CCC(C)(C)C(C1CC(C)C2C3CC(C(C(=O)OC)C3C(=O)OC)C12)C(C)(C)CC. The fourth-order valence-corrected chi connectivity index (χ4v) is 8.58. The summed E-state index contributed by atoms with van der Waals surface area (Å²) in [6, 6.07) is 0. The minimum absolute atomic E-state index is 0.212. The van der Waals surface area contributed by atoms with Crippen molar-refractivity contribution in [2.75, 3.05) is 14.2 Å². The van der Waals surface area contributed by atoms with Crippen LogP contribution in [-0.2, 0) is 19.1 Å². The maximum absolute atomic E-state index is 12.9. The smallest absolute Gasteiger partial charge is 0.309 e. The maximum atomic E-state index is 12.9. The van der Waals surface area contributed by atoms with Crippen LogP contribution in [0.3, 0.4) is 0 Å². The molecule has 3 aliphatic rings. The van der Waals surface area contributed by atoms with E-state index in [4.69, 9.17) is 9.47 Å². The molecule has 30 heavy (non-hydrogen) atoms. The highest BCUT2D eigenvalue weighted by molar-refractivity contribution is 5.84. The molecule has 4 heteroatoms. The van der Waals surface area contributed by atoms with Crippen molar-refractivity contribution in [3.05, 3.63) is 0 Å². The topological polar surface area (TPSA) is 52.6 Å². The molecule has 8 unspecified atom stereocenters. The number of carbonyl (C=O) groups excluding carboxylic acids is 2. The molecule has 0 radical (unpaired) electrons. The van der Waals surface area contributed by atoms with E-state index >= 15 is 0 Å². The predicted molar refractivity (Wildman–Crippen MR) is 118 cm³/mol. The third kappa shape index (κ3) is 3.41. The second kappa shape index (κ2) is 8.13. The first kappa shape index (κ1) is 23.6. The van der Waals surface area contributed by atoms with Gasteiger partial charge in [0.25, 0.3) is 0 Å². The Morgan fingerprint density at radius 1 is 0.833 bits per heavy atom. The molecule has 4 nitrogen and oxygen atoms in total. The van der Waals surface area contributed by atoms with Crippen molar-refractivity contribution in [1.29, 1.82) is 0 Å². The van der Waals surface area contributed by atoms with Gasteiger partial charge in [-0.1, -0.05) is 61.3 Å². The number of hydrogen-bond acceptors (Lipinski definition) is 4. The van der Waals surface area contributed by atoms with E-state index < -0.39 is 0 Å². The lowest BCUT2D eigenvalue weighted by atomic mass is 9.54. The van der Waals surface area contributed by atoms with E-state index in [0.29, 0.717) is 29.6 Å². The molecule has 2 bridgehead atoms. The second-order valence-corrected chi connectivity index (χ2v) is 11.9. The molecule has 0 heterocycles. The highest BCUT2D eigenvalue weighted by Gasteiger charge is 2.69. The van der Waals surface area contributed by atoms with Crippen molar-refractivity contribution in [1.82, 2.24) is 0 Å². The molecule has 3 rings (SSSR count). The van der Waals surface area contributed by atoms with Crippen LogP contribution >= 0.6 is 0 Å². The number of hydrogen-bond donors (Lipinski definition) is 0. The largest absolute Gasteiger partial charge is 0.469 e. The van der Waals surface area contributed by atoms with Crippen LogP contribution in [0.15, 0.2) is 0 Å². The fraction of sp³-hybridized carbons (Fsp3) is 0.923. The van der Waals surface area contributed by atoms with E-state index in [0.717, 1.165) is 19.3 Å². The maximum Gasteiger partial charge on any atom is 0.309 e. The summed E-state index contributed by atoms with van der Waals surface area (Å²) in [5, 5.41) is 0. The Bertz CT molecular complexity index is 650. The molecule has 0 saturated heterocycles. The average molecular weight is 421 g/mol. The molecule has 0 spiro atoms. The van der Waals surface area contributed by atoms with Gasteiger partial charge in [0.05, 0.1) is 26.1 Å². The van der Waals surface area contributed by atoms with Gasteiger partial charge in [-0.2, -0.15) is 0 Å². The number of rotatable bonds is 7. The van der Waals surface area contributed by atoms with E-state index in [1.165, 1.54) is 20.6 Å². The molecule has 3 fully saturated rings. The van der Waals surface area contributed by atoms with E-state index in [1.807, 2.05) is 0 Å². The van der Waals surface area contributed by atoms with Crippen LogP contribution in [0.4, 0.5) is 0 Å². The van der Waals surface area contributed by atoms with E-state index in [1.54, 1.807) is 0 Å². The lowest BCUT2D eigenvalue weighted by Crippen LogP contribution is -2.48. The van der Waals surface area contributed by atoms with Gasteiger partial charge < -0.3 is 9.47 Å². The summed E-state index contributed by atoms with van der Waals surface area (Å²) in [5.74, 6) is 2.21. The first-order chi connectivity index (χ1) is 14.0. The lowest BCUT2D eigenvalue weighted by molar-refractivity contribution is -0.164. The number of esters is 2. The number of ether oxygens (including phenoxy) is 2. The van der Waals surface area contributed by atoms with E-state index in [2.05, 4.69) is 48.5 Å². The number of methoxy groups -OCH3 is 2. The average Bonchev–Trinajstić information content (AvgIpc) is 3.37. The zero-order valence-corrected chi connectivity index (χ0v) is 20.7.